The number of aliphatic hydroxyl groups is 1. The van der Waals surface area contributed by atoms with Gasteiger partial charge in [0.25, 0.3) is 0 Å². The van der Waals surface area contributed by atoms with Gasteiger partial charge in [-0.25, -0.2) is 9.97 Å². The number of rotatable bonds is 0. The number of hydrogen-bond donors (Lipinski definition) is 1. The fourth-order valence-electron chi connectivity index (χ4n) is 13.6. The summed E-state index contributed by atoms with van der Waals surface area (Å²) < 4.78 is 4.69. The van der Waals surface area contributed by atoms with Gasteiger partial charge in [-0.3, -0.25) is 0 Å². The fraction of sp³-hybridized carbons (Fsp3) is 0.779. The quantitative estimate of drug-likeness (QED) is 0.190. The molecule has 2 saturated carbocycles. The smallest absolute Gasteiger partial charge is 0.118 e. The molecule has 4 heterocycles. The molecule has 6 nitrogen and oxygen atoms in total. The van der Waals surface area contributed by atoms with Gasteiger partial charge in [-0.1, -0.05) is 232 Å². The summed E-state index contributed by atoms with van der Waals surface area (Å²) in [4.78, 5) is 9.20. The van der Waals surface area contributed by atoms with E-state index in [1.165, 1.54) is 85.9 Å². The molecule has 1 aliphatic heterocycles. The second kappa shape index (κ2) is 25.7. The van der Waals surface area contributed by atoms with Crippen LogP contribution in [0.15, 0.2) is 48.9 Å². The summed E-state index contributed by atoms with van der Waals surface area (Å²) in [6, 6.07) is 14.2. The minimum Gasteiger partial charge on any atom is -0.389 e. The highest BCUT2D eigenvalue weighted by atomic mass is 16.3. The maximum absolute atomic E-state index is 10.6. The number of aromatic nitrogens is 4. The SMILES string of the molecule is CC(C)(C)C1CCC(C#N)(C(C)(C)C)CC1.CC(C)(C)C1CCC(O)(C(C)(C)C)CC1.CC(C)(C)c1ccc2c(c1)C(C(C)(C)C)CCC2.CC(C)(C)c1ccc2cnc(C(C)(C)C)n2c1.CC(C)(C)c1ncc2n1CC(C(C)(C)C)CC2. The van der Waals surface area contributed by atoms with Crippen molar-refractivity contribution in [2.45, 2.75) is 331 Å². The summed E-state index contributed by atoms with van der Waals surface area (Å²) in [5.74, 6) is 5.44. The van der Waals surface area contributed by atoms with Crippen LogP contribution in [0.4, 0.5) is 0 Å². The third-order valence-corrected chi connectivity index (χ3v) is 20.6. The topological polar surface area (TPSA) is 79.1 Å². The normalized spacial score (nSPS) is 24.0. The molecule has 0 radical (unpaired) electrons. The molecule has 4 aromatic rings. The number of imidazole rings is 2. The summed E-state index contributed by atoms with van der Waals surface area (Å²) in [6.45, 7) is 69.4. The van der Waals surface area contributed by atoms with E-state index in [0.717, 1.165) is 61.7 Å². The van der Waals surface area contributed by atoms with E-state index in [4.69, 9.17) is 0 Å². The minimum absolute atomic E-state index is 0.0237. The van der Waals surface area contributed by atoms with E-state index in [-0.39, 0.29) is 37.9 Å². The molecule has 0 spiro atoms. The second-order valence-electron chi connectivity index (χ2n) is 37.3. The van der Waals surface area contributed by atoms with Crippen LogP contribution in [0.1, 0.15) is 324 Å². The lowest BCUT2D eigenvalue weighted by atomic mass is 9.56. The third-order valence-electron chi connectivity index (χ3n) is 20.6. The number of benzene rings is 1. The Bertz CT molecular complexity index is 2720. The van der Waals surface area contributed by atoms with Gasteiger partial charge in [0, 0.05) is 35.5 Å². The Hall–Kier alpha value is -3.43. The Kier molecular flexibility index (Phi) is 22.3. The van der Waals surface area contributed by atoms with Crippen LogP contribution in [-0.4, -0.2) is 29.6 Å². The number of pyridine rings is 1. The molecular formula is C77H131N5O. The first-order valence-electron chi connectivity index (χ1n) is 33.1. The maximum atomic E-state index is 10.6. The third kappa shape index (κ3) is 18.8. The Balaban J connectivity index is 0.000000223. The summed E-state index contributed by atoms with van der Waals surface area (Å²) >= 11 is 0. The van der Waals surface area contributed by atoms with Crippen LogP contribution in [0.5, 0.6) is 0 Å². The van der Waals surface area contributed by atoms with Crippen LogP contribution in [0.25, 0.3) is 5.52 Å². The zero-order valence-corrected chi connectivity index (χ0v) is 60.0. The largest absolute Gasteiger partial charge is 0.389 e. The van der Waals surface area contributed by atoms with Gasteiger partial charge in [-0.05, 0) is 179 Å². The molecule has 2 atom stereocenters. The van der Waals surface area contributed by atoms with Crippen molar-refractivity contribution in [1.29, 1.82) is 5.26 Å². The molecule has 0 amide bonds. The lowest BCUT2D eigenvalue weighted by Gasteiger charge is -2.47. The van der Waals surface area contributed by atoms with Crippen LogP contribution in [0.3, 0.4) is 0 Å². The van der Waals surface area contributed by atoms with Gasteiger partial charge in [0.2, 0.25) is 0 Å². The first-order valence-corrected chi connectivity index (χ1v) is 33.1. The Morgan fingerprint density at radius 2 is 0.964 bits per heavy atom. The summed E-state index contributed by atoms with van der Waals surface area (Å²) in [5.41, 5.74) is 10.5. The zero-order valence-electron chi connectivity index (χ0n) is 60.0. The van der Waals surface area contributed by atoms with Crippen LogP contribution in [0, 0.1) is 67.0 Å². The van der Waals surface area contributed by atoms with Gasteiger partial charge in [0.05, 0.1) is 28.8 Å². The van der Waals surface area contributed by atoms with Gasteiger partial charge in [0.1, 0.15) is 11.6 Å². The summed E-state index contributed by atoms with van der Waals surface area (Å²) in [7, 11) is 0. The van der Waals surface area contributed by atoms with Crippen molar-refractivity contribution in [3.8, 4) is 6.07 Å². The van der Waals surface area contributed by atoms with Gasteiger partial charge in [0.15, 0.2) is 0 Å². The van der Waals surface area contributed by atoms with E-state index in [9.17, 15) is 10.4 Å². The predicted molar refractivity (Wildman–Crippen MR) is 360 cm³/mol. The fourth-order valence-corrected chi connectivity index (χ4v) is 13.6. The monoisotopic (exact) mass is 1140 g/mol. The lowest BCUT2D eigenvalue weighted by Crippen LogP contribution is -2.47. The highest BCUT2D eigenvalue weighted by Crippen LogP contribution is 2.53. The number of nitriles is 1. The van der Waals surface area contributed by atoms with E-state index in [1.807, 2.05) is 6.20 Å². The Morgan fingerprint density at radius 3 is 1.39 bits per heavy atom. The molecule has 470 valence electrons. The summed E-state index contributed by atoms with van der Waals surface area (Å²) in [5, 5.41) is 20.1. The van der Waals surface area contributed by atoms with Gasteiger partial charge < -0.3 is 14.1 Å². The van der Waals surface area contributed by atoms with Crippen molar-refractivity contribution in [3.63, 3.8) is 0 Å². The van der Waals surface area contributed by atoms with Crippen LogP contribution < -0.4 is 0 Å². The molecule has 2 fully saturated rings. The summed E-state index contributed by atoms with van der Waals surface area (Å²) in [6.07, 6.45) is 21.6. The standard InChI is InChI=1S/C18H28.C15H26N2.C15H22N2.C15H27N.C14H28O/c1-17(2,3)14-11-10-13-8-7-9-16(15(13)12-14)18(4,5)6;2*1-14(2,3)11-7-8-12-9-16-13(15(4,5)6)17(12)10-11;1-13(2,3)12-7-9-15(11-16,10-8-12)14(4,5)6;1-12(2,3)11-7-9-14(15,10-8-11)13(4,5)6/h10-12,16H,7-9H2,1-6H3;9,11H,7-8,10H2,1-6H3;7-10H,1-6H3;12H,7-10H2,1-6H3;11,15H,7-10H2,1-6H3. The van der Waals surface area contributed by atoms with Gasteiger partial charge >= 0.3 is 0 Å². The maximum Gasteiger partial charge on any atom is 0.118 e. The highest BCUT2D eigenvalue weighted by molar-refractivity contribution is 5.48. The van der Waals surface area contributed by atoms with Crippen LogP contribution >= 0.6 is 0 Å². The molecular weight excluding hydrogens is 1010 g/mol. The molecule has 3 aromatic heterocycles. The molecule has 83 heavy (non-hydrogen) atoms. The zero-order chi connectivity index (χ0) is 63.8. The number of fused-ring (bicyclic) bond motifs is 3. The highest BCUT2D eigenvalue weighted by Gasteiger charge is 2.47. The van der Waals surface area contributed by atoms with Crippen molar-refractivity contribution in [2.75, 3.05) is 0 Å². The number of hydrogen-bond acceptors (Lipinski definition) is 4. The van der Waals surface area contributed by atoms with Crippen LogP contribution in [-0.2, 0) is 41.0 Å². The van der Waals surface area contributed by atoms with Crippen molar-refractivity contribution in [2.24, 2.45) is 55.7 Å². The Morgan fingerprint density at radius 1 is 0.494 bits per heavy atom. The van der Waals surface area contributed by atoms with E-state index < -0.39 is 5.60 Å². The van der Waals surface area contributed by atoms with Crippen molar-refractivity contribution in [1.82, 2.24) is 18.9 Å². The lowest BCUT2D eigenvalue weighted by molar-refractivity contribution is -0.101. The molecule has 1 aromatic carbocycles. The average molecular weight is 1140 g/mol. The molecule has 3 aliphatic carbocycles. The molecule has 4 aliphatic rings. The first kappa shape index (κ1) is 72.0. The van der Waals surface area contributed by atoms with Crippen molar-refractivity contribution >= 4 is 5.52 Å². The average Bonchev–Trinajstić information content (AvgIpc) is 4.22. The van der Waals surface area contributed by atoms with Crippen molar-refractivity contribution < 1.29 is 5.11 Å². The number of nitrogens with zero attached hydrogens (tertiary/aromatic N) is 5. The molecule has 6 heteroatoms. The minimum atomic E-state index is -0.436. The molecule has 2 unspecified atom stereocenters. The molecule has 1 N–H and O–H groups in total. The second-order valence-corrected chi connectivity index (χ2v) is 37.3. The van der Waals surface area contributed by atoms with Gasteiger partial charge in [-0.15, -0.1) is 0 Å². The van der Waals surface area contributed by atoms with Crippen LogP contribution in [0.2, 0.25) is 0 Å². The molecule has 0 saturated heterocycles. The molecule has 8 rings (SSSR count). The van der Waals surface area contributed by atoms with Gasteiger partial charge in [-0.2, -0.15) is 5.26 Å². The van der Waals surface area contributed by atoms with E-state index in [0.29, 0.717) is 21.7 Å². The first-order chi connectivity index (χ1) is 37.3. The van der Waals surface area contributed by atoms with E-state index >= 15 is 0 Å². The predicted octanol–water partition coefficient (Wildman–Crippen LogP) is 21.9. The Labute approximate surface area is 513 Å². The van der Waals surface area contributed by atoms with Crippen molar-refractivity contribution in [3.05, 3.63) is 88.5 Å². The van der Waals surface area contributed by atoms with E-state index in [1.54, 1.807) is 11.1 Å². The molecule has 0 bridgehead atoms. The van der Waals surface area contributed by atoms with E-state index in [2.05, 4.69) is 275 Å². The number of aryl methyl sites for hydroxylation is 2.